The highest BCUT2D eigenvalue weighted by Gasteiger charge is 2.33. The number of benzene rings is 1. The number of hydrogen-bond acceptors (Lipinski definition) is 7. The quantitative estimate of drug-likeness (QED) is 0.406. The Hall–Kier alpha value is -2.65. The first kappa shape index (κ1) is 23.6. The van der Waals surface area contributed by atoms with Gasteiger partial charge in [-0.3, -0.25) is 19.3 Å². The normalized spacial score (nSPS) is 16.8. The zero-order chi connectivity index (χ0) is 21.9. The molecule has 0 spiro atoms. The van der Waals surface area contributed by atoms with Crippen molar-refractivity contribution in [1.82, 2.24) is 10.2 Å². The average Bonchev–Trinajstić information content (AvgIpc) is 2.70. The van der Waals surface area contributed by atoms with Gasteiger partial charge in [0.25, 0.3) is 0 Å². The van der Waals surface area contributed by atoms with E-state index in [4.69, 9.17) is 14.2 Å². The molecule has 1 unspecified atom stereocenters. The molecule has 0 saturated carbocycles. The van der Waals surface area contributed by atoms with E-state index in [1.807, 2.05) is 13.8 Å². The third-order valence-corrected chi connectivity index (χ3v) is 4.42. The summed E-state index contributed by atoms with van der Waals surface area (Å²) in [5.74, 6) is -0.0860. The third kappa shape index (κ3) is 8.00. The van der Waals surface area contributed by atoms with Gasteiger partial charge in [-0.05, 0) is 30.2 Å². The SMILES string of the molecule is COCCOc1ccc(NC(=O)CN2CCNC(=O)C2CC(=O)OCC(C)C)cc1. The molecule has 0 aromatic heterocycles. The molecule has 0 radical (unpaired) electrons. The van der Waals surface area contributed by atoms with Crippen LogP contribution in [0.4, 0.5) is 5.69 Å². The number of hydrogen-bond donors (Lipinski definition) is 2. The zero-order valence-corrected chi connectivity index (χ0v) is 17.8. The van der Waals surface area contributed by atoms with Crippen LogP contribution < -0.4 is 15.4 Å². The van der Waals surface area contributed by atoms with Crippen LogP contribution in [-0.4, -0.2) is 75.3 Å². The molecule has 1 saturated heterocycles. The Balaban J connectivity index is 1.88. The van der Waals surface area contributed by atoms with Crippen LogP contribution >= 0.6 is 0 Å². The topological polar surface area (TPSA) is 106 Å². The second-order valence-corrected chi connectivity index (χ2v) is 7.47. The molecule has 1 aromatic carbocycles. The van der Waals surface area contributed by atoms with Crippen molar-refractivity contribution in [1.29, 1.82) is 0 Å². The lowest BCUT2D eigenvalue weighted by molar-refractivity contribution is -0.149. The number of rotatable bonds is 11. The van der Waals surface area contributed by atoms with Crippen LogP contribution in [0.1, 0.15) is 20.3 Å². The fourth-order valence-electron chi connectivity index (χ4n) is 2.91. The van der Waals surface area contributed by atoms with E-state index < -0.39 is 12.0 Å². The Morgan fingerprint density at radius 2 is 1.97 bits per heavy atom. The third-order valence-electron chi connectivity index (χ3n) is 4.42. The first-order valence-electron chi connectivity index (χ1n) is 10.1. The molecule has 9 nitrogen and oxygen atoms in total. The van der Waals surface area contributed by atoms with Crippen LogP contribution in [0.2, 0.25) is 0 Å². The fourth-order valence-corrected chi connectivity index (χ4v) is 2.91. The molecule has 30 heavy (non-hydrogen) atoms. The van der Waals surface area contributed by atoms with Crippen LogP contribution in [0.25, 0.3) is 0 Å². The fraction of sp³-hybridized carbons (Fsp3) is 0.571. The van der Waals surface area contributed by atoms with E-state index in [1.54, 1.807) is 36.3 Å². The molecule has 2 N–H and O–H groups in total. The van der Waals surface area contributed by atoms with Gasteiger partial charge in [-0.25, -0.2) is 0 Å². The van der Waals surface area contributed by atoms with Crippen molar-refractivity contribution in [3.8, 4) is 5.75 Å². The number of carbonyl (C=O) groups is 3. The van der Waals surface area contributed by atoms with Crippen molar-refractivity contribution in [3.63, 3.8) is 0 Å². The number of methoxy groups -OCH3 is 1. The largest absolute Gasteiger partial charge is 0.491 e. The highest BCUT2D eigenvalue weighted by atomic mass is 16.5. The number of carbonyl (C=O) groups excluding carboxylic acids is 3. The Bertz CT molecular complexity index is 707. The van der Waals surface area contributed by atoms with Crippen LogP contribution in [-0.2, 0) is 23.9 Å². The summed E-state index contributed by atoms with van der Waals surface area (Å²) in [6, 6.07) is 6.27. The summed E-state index contributed by atoms with van der Waals surface area (Å²) in [7, 11) is 1.60. The molecule has 1 aromatic rings. The molecular formula is C21H31N3O6. The number of nitrogens with one attached hydrogen (secondary N) is 2. The highest BCUT2D eigenvalue weighted by molar-refractivity contribution is 5.93. The molecule has 1 heterocycles. The minimum Gasteiger partial charge on any atom is -0.491 e. The van der Waals surface area contributed by atoms with Crippen molar-refractivity contribution in [3.05, 3.63) is 24.3 Å². The molecule has 2 rings (SSSR count). The molecule has 2 amide bonds. The molecule has 1 atom stereocenters. The first-order valence-corrected chi connectivity index (χ1v) is 10.1. The molecular weight excluding hydrogens is 390 g/mol. The molecule has 0 aliphatic carbocycles. The number of esters is 1. The van der Waals surface area contributed by atoms with E-state index in [0.717, 1.165) is 0 Å². The van der Waals surface area contributed by atoms with Gasteiger partial charge >= 0.3 is 5.97 Å². The van der Waals surface area contributed by atoms with E-state index >= 15 is 0 Å². The average molecular weight is 421 g/mol. The monoisotopic (exact) mass is 421 g/mol. The maximum absolute atomic E-state index is 12.5. The Labute approximate surface area is 177 Å². The molecule has 0 bridgehead atoms. The van der Waals surface area contributed by atoms with Gasteiger partial charge in [-0.2, -0.15) is 0 Å². The molecule has 1 aliphatic rings. The maximum atomic E-state index is 12.5. The van der Waals surface area contributed by atoms with E-state index in [0.29, 0.717) is 44.3 Å². The second kappa shape index (κ2) is 12.1. The zero-order valence-electron chi connectivity index (χ0n) is 17.8. The van der Waals surface area contributed by atoms with E-state index in [-0.39, 0.29) is 30.7 Å². The lowest BCUT2D eigenvalue weighted by atomic mass is 10.1. The summed E-state index contributed by atoms with van der Waals surface area (Å²) in [6.07, 6.45) is -0.0840. The summed E-state index contributed by atoms with van der Waals surface area (Å²) < 4.78 is 15.6. The molecule has 1 aliphatic heterocycles. The number of piperazine rings is 1. The minimum atomic E-state index is -0.722. The van der Waals surface area contributed by atoms with Gasteiger partial charge in [0, 0.05) is 25.9 Å². The summed E-state index contributed by atoms with van der Waals surface area (Å²) in [6.45, 7) is 6.03. The van der Waals surface area contributed by atoms with Gasteiger partial charge in [0.2, 0.25) is 11.8 Å². The Morgan fingerprint density at radius 1 is 1.23 bits per heavy atom. The van der Waals surface area contributed by atoms with Crippen molar-refractivity contribution in [2.24, 2.45) is 5.92 Å². The van der Waals surface area contributed by atoms with Gasteiger partial charge in [0.15, 0.2) is 0 Å². The van der Waals surface area contributed by atoms with E-state index in [2.05, 4.69) is 10.6 Å². The predicted octanol–water partition coefficient (Wildman–Crippen LogP) is 1.04. The lowest BCUT2D eigenvalue weighted by Crippen LogP contribution is -2.57. The Kier molecular flexibility index (Phi) is 9.56. The predicted molar refractivity (Wildman–Crippen MR) is 111 cm³/mol. The smallest absolute Gasteiger partial charge is 0.307 e. The van der Waals surface area contributed by atoms with Crippen molar-refractivity contribution < 1.29 is 28.6 Å². The minimum absolute atomic E-state index is 0.00162. The van der Waals surface area contributed by atoms with Gasteiger partial charge < -0.3 is 24.8 Å². The summed E-state index contributed by atoms with van der Waals surface area (Å²) >= 11 is 0. The van der Waals surface area contributed by atoms with Gasteiger partial charge in [-0.1, -0.05) is 13.8 Å². The van der Waals surface area contributed by atoms with Crippen molar-refractivity contribution >= 4 is 23.5 Å². The Morgan fingerprint density at radius 3 is 2.63 bits per heavy atom. The maximum Gasteiger partial charge on any atom is 0.307 e. The van der Waals surface area contributed by atoms with Crippen LogP contribution in [0.3, 0.4) is 0 Å². The second-order valence-electron chi connectivity index (χ2n) is 7.47. The van der Waals surface area contributed by atoms with Crippen molar-refractivity contribution in [2.75, 3.05) is 51.9 Å². The van der Waals surface area contributed by atoms with Crippen LogP contribution in [0, 0.1) is 5.92 Å². The summed E-state index contributed by atoms with van der Waals surface area (Å²) in [4.78, 5) is 38.5. The van der Waals surface area contributed by atoms with Crippen LogP contribution in [0.5, 0.6) is 5.75 Å². The number of amides is 2. The van der Waals surface area contributed by atoms with Gasteiger partial charge in [0.1, 0.15) is 18.4 Å². The van der Waals surface area contributed by atoms with E-state index in [1.165, 1.54) is 0 Å². The summed E-state index contributed by atoms with van der Waals surface area (Å²) in [5, 5.41) is 5.54. The molecule has 166 valence electrons. The van der Waals surface area contributed by atoms with Crippen LogP contribution in [0.15, 0.2) is 24.3 Å². The highest BCUT2D eigenvalue weighted by Crippen LogP contribution is 2.16. The molecule has 1 fully saturated rings. The summed E-state index contributed by atoms with van der Waals surface area (Å²) in [5.41, 5.74) is 0.619. The van der Waals surface area contributed by atoms with Crippen molar-refractivity contribution in [2.45, 2.75) is 26.3 Å². The standard InChI is InChI=1S/C21H31N3O6/c1-15(2)14-30-20(26)12-18-21(27)22-8-9-24(18)13-19(25)23-16-4-6-17(7-5-16)29-11-10-28-3/h4-7,15,18H,8-14H2,1-3H3,(H,22,27)(H,23,25). The first-order chi connectivity index (χ1) is 14.4. The lowest BCUT2D eigenvalue weighted by Gasteiger charge is -2.33. The number of anilines is 1. The van der Waals surface area contributed by atoms with Gasteiger partial charge in [-0.15, -0.1) is 0 Å². The van der Waals surface area contributed by atoms with E-state index in [9.17, 15) is 14.4 Å². The number of ether oxygens (including phenoxy) is 3. The molecule has 9 heteroatoms. The van der Waals surface area contributed by atoms with Gasteiger partial charge in [0.05, 0.1) is 26.2 Å². The number of nitrogens with zero attached hydrogens (tertiary/aromatic N) is 1.